The molecule has 0 unspecified atom stereocenters. The molecule has 0 radical (unpaired) electrons. The van der Waals surface area contributed by atoms with Crippen LogP contribution in [0.4, 0.5) is 0 Å². The molecule has 6 nitrogen and oxygen atoms in total. The second-order valence-electron chi connectivity index (χ2n) is 6.25. The number of amides is 1. The van der Waals surface area contributed by atoms with Crippen LogP contribution in [0.2, 0.25) is 0 Å². The van der Waals surface area contributed by atoms with Crippen molar-refractivity contribution in [2.45, 2.75) is 50.7 Å². The van der Waals surface area contributed by atoms with Crippen molar-refractivity contribution in [2.75, 3.05) is 20.3 Å². The molecule has 1 aliphatic rings. The van der Waals surface area contributed by atoms with Crippen molar-refractivity contribution in [3.05, 3.63) is 35.9 Å². The van der Waals surface area contributed by atoms with E-state index in [0.29, 0.717) is 19.6 Å². The quantitative estimate of drug-likeness (QED) is 0.750. The van der Waals surface area contributed by atoms with Gasteiger partial charge in [-0.25, -0.2) is 0 Å². The summed E-state index contributed by atoms with van der Waals surface area (Å²) < 4.78 is 10.7. The smallest absolute Gasteiger partial charge is 0.239 e. The molecule has 3 atom stereocenters. The molecule has 0 aromatic heterocycles. The summed E-state index contributed by atoms with van der Waals surface area (Å²) in [5.74, 6) is -0.161. The van der Waals surface area contributed by atoms with Crippen LogP contribution < -0.4 is 5.73 Å². The number of hydrogen-bond acceptors (Lipinski definition) is 5. The van der Waals surface area contributed by atoms with E-state index in [2.05, 4.69) is 0 Å². The van der Waals surface area contributed by atoms with Crippen LogP contribution in [0.3, 0.4) is 0 Å². The van der Waals surface area contributed by atoms with E-state index in [9.17, 15) is 9.90 Å². The summed E-state index contributed by atoms with van der Waals surface area (Å²) in [6.07, 6.45) is 1.17. The Morgan fingerprint density at radius 3 is 2.58 bits per heavy atom. The lowest BCUT2D eigenvalue weighted by Gasteiger charge is -2.31. The zero-order chi connectivity index (χ0) is 17.5. The second-order valence-corrected chi connectivity index (χ2v) is 6.25. The Kier molecular flexibility index (Phi) is 7.17. The summed E-state index contributed by atoms with van der Waals surface area (Å²) in [5, 5.41) is 10.4. The van der Waals surface area contributed by atoms with Gasteiger partial charge in [0.1, 0.15) is 0 Å². The fourth-order valence-corrected chi connectivity index (χ4v) is 2.80. The SMILES string of the molecule is C[C@H]([C@H](O)c1ccccc1)N(C)C(=O)[C@@H](N)CCCC1OCCO1. The summed E-state index contributed by atoms with van der Waals surface area (Å²) in [6.45, 7) is 3.09. The topological polar surface area (TPSA) is 85.0 Å². The number of carbonyl (C=O) groups is 1. The summed E-state index contributed by atoms with van der Waals surface area (Å²) >= 11 is 0. The van der Waals surface area contributed by atoms with Crippen molar-refractivity contribution in [1.29, 1.82) is 0 Å². The predicted octanol–water partition coefficient (Wildman–Crippen LogP) is 1.44. The standard InChI is InChI=1S/C18H28N2O4/c1-13(17(21)14-7-4-3-5-8-14)20(2)18(22)15(19)9-6-10-16-23-11-12-24-16/h3-5,7-8,13,15-17,21H,6,9-12,19H2,1-2H3/t13-,15+,17+/m1/s1. The second kappa shape index (κ2) is 9.13. The highest BCUT2D eigenvalue weighted by molar-refractivity contribution is 5.81. The molecule has 1 amide bonds. The average Bonchev–Trinajstić information content (AvgIpc) is 3.13. The lowest BCUT2D eigenvalue weighted by Crippen LogP contribution is -2.47. The third-order valence-corrected chi connectivity index (χ3v) is 4.52. The molecule has 0 spiro atoms. The number of likely N-dealkylation sites (N-methyl/N-ethyl adjacent to an activating group) is 1. The molecule has 1 saturated heterocycles. The van der Waals surface area contributed by atoms with Gasteiger partial charge in [0.25, 0.3) is 0 Å². The maximum absolute atomic E-state index is 12.5. The number of nitrogens with zero attached hydrogens (tertiary/aromatic N) is 1. The van der Waals surface area contributed by atoms with E-state index in [1.165, 1.54) is 4.90 Å². The van der Waals surface area contributed by atoms with Crippen LogP contribution in [0.1, 0.15) is 37.9 Å². The highest BCUT2D eigenvalue weighted by atomic mass is 16.7. The number of carbonyl (C=O) groups excluding carboxylic acids is 1. The fourth-order valence-electron chi connectivity index (χ4n) is 2.80. The Balaban J connectivity index is 1.80. The van der Waals surface area contributed by atoms with Crippen LogP contribution in [-0.2, 0) is 14.3 Å². The monoisotopic (exact) mass is 336 g/mol. The van der Waals surface area contributed by atoms with E-state index in [1.807, 2.05) is 37.3 Å². The lowest BCUT2D eigenvalue weighted by molar-refractivity contribution is -0.135. The Morgan fingerprint density at radius 2 is 1.96 bits per heavy atom. The van der Waals surface area contributed by atoms with Gasteiger partial charge in [-0.1, -0.05) is 30.3 Å². The summed E-state index contributed by atoms with van der Waals surface area (Å²) in [6, 6.07) is 8.39. The molecule has 1 aliphatic heterocycles. The molecular formula is C18H28N2O4. The zero-order valence-corrected chi connectivity index (χ0v) is 14.4. The summed E-state index contributed by atoms with van der Waals surface area (Å²) in [7, 11) is 1.68. The fraction of sp³-hybridized carbons (Fsp3) is 0.611. The molecule has 2 rings (SSSR count). The average molecular weight is 336 g/mol. The number of benzene rings is 1. The first kappa shape index (κ1) is 18.9. The van der Waals surface area contributed by atoms with Crippen molar-refractivity contribution in [3.63, 3.8) is 0 Å². The third kappa shape index (κ3) is 5.01. The van der Waals surface area contributed by atoms with Gasteiger partial charge in [-0.05, 0) is 31.7 Å². The molecule has 1 heterocycles. The van der Waals surface area contributed by atoms with Gasteiger partial charge in [0.2, 0.25) is 5.91 Å². The normalized spacial score (nSPS) is 19.0. The molecule has 3 N–H and O–H groups in total. The summed E-state index contributed by atoms with van der Waals surface area (Å²) in [4.78, 5) is 14.0. The Hall–Kier alpha value is -1.47. The van der Waals surface area contributed by atoms with Crippen molar-refractivity contribution in [3.8, 4) is 0 Å². The number of hydrogen-bond donors (Lipinski definition) is 2. The van der Waals surface area contributed by atoms with Gasteiger partial charge in [-0.2, -0.15) is 0 Å². The van der Waals surface area contributed by atoms with Crippen LogP contribution in [0.5, 0.6) is 0 Å². The van der Waals surface area contributed by atoms with E-state index in [0.717, 1.165) is 18.4 Å². The first-order valence-electron chi connectivity index (χ1n) is 8.49. The number of ether oxygens (including phenoxy) is 2. The third-order valence-electron chi connectivity index (χ3n) is 4.52. The van der Waals surface area contributed by atoms with Crippen molar-refractivity contribution < 1.29 is 19.4 Å². The minimum atomic E-state index is -0.743. The maximum atomic E-state index is 12.5. The maximum Gasteiger partial charge on any atom is 0.239 e. The van der Waals surface area contributed by atoms with Crippen LogP contribution in [-0.4, -0.2) is 54.5 Å². The minimum Gasteiger partial charge on any atom is -0.386 e. The Labute approximate surface area is 143 Å². The van der Waals surface area contributed by atoms with Gasteiger partial charge in [0, 0.05) is 7.05 Å². The van der Waals surface area contributed by atoms with Crippen LogP contribution in [0.15, 0.2) is 30.3 Å². The van der Waals surface area contributed by atoms with E-state index >= 15 is 0 Å². The molecule has 0 bridgehead atoms. The highest BCUT2D eigenvalue weighted by Crippen LogP contribution is 2.21. The highest BCUT2D eigenvalue weighted by Gasteiger charge is 2.27. The van der Waals surface area contributed by atoms with E-state index in [4.69, 9.17) is 15.2 Å². The number of aliphatic hydroxyl groups excluding tert-OH is 1. The van der Waals surface area contributed by atoms with Crippen molar-refractivity contribution in [2.24, 2.45) is 5.73 Å². The molecule has 1 aromatic rings. The Bertz CT molecular complexity index is 505. The van der Waals surface area contributed by atoms with Gasteiger partial charge in [-0.3, -0.25) is 4.79 Å². The van der Waals surface area contributed by atoms with E-state index < -0.39 is 12.1 Å². The van der Waals surface area contributed by atoms with Gasteiger partial charge >= 0.3 is 0 Å². The zero-order valence-electron chi connectivity index (χ0n) is 14.4. The molecule has 0 aliphatic carbocycles. The largest absolute Gasteiger partial charge is 0.386 e. The van der Waals surface area contributed by atoms with Crippen molar-refractivity contribution in [1.82, 2.24) is 4.90 Å². The van der Waals surface area contributed by atoms with Gasteiger partial charge in [-0.15, -0.1) is 0 Å². The van der Waals surface area contributed by atoms with Crippen molar-refractivity contribution >= 4 is 5.91 Å². The van der Waals surface area contributed by atoms with Crippen LogP contribution in [0, 0.1) is 0 Å². The van der Waals surface area contributed by atoms with Gasteiger partial charge < -0.3 is 25.2 Å². The number of rotatable bonds is 8. The lowest BCUT2D eigenvalue weighted by atomic mass is 10.0. The van der Waals surface area contributed by atoms with E-state index in [1.54, 1.807) is 7.05 Å². The number of aliphatic hydroxyl groups is 1. The van der Waals surface area contributed by atoms with E-state index in [-0.39, 0.29) is 18.2 Å². The molecule has 1 aromatic carbocycles. The molecular weight excluding hydrogens is 308 g/mol. The van der Waals surface area contributed by atoms with Gasteiger partial charge in [0.05, 0.1) is 31.4 Å². The molecule has 24 heavy (non-hydrogen) atoms. The predicted molar refractivity (Wildman–Crippen MR) is 91.2 cm³/mol. The number of nitrogens with two attached hydrogens (primary N) is 1. The van der Waals surface area contributed by atoms with Gasteiger partial charge in [0.15, 0.2) is 6.29 Å². The molecule has 134 valence electrons. The molecule has 1 fully saturated rings. The van der Waals surface area contributed by atoms with Crippen LogP contribution in [0.25, 0.3) is 0 Å². The van der Waals surface area contributed by atoms with Crippen LogP contribution >= 0.6 is 0 Å². The molecule has 0 saturated carbocycles. The summed E-state index contributed by atoms with van der Waals surface area (Å²) in [5.41, 5.74) is 6.81. The first-order chi connectivity index (χ1) is 11.5. The Morgan fingerprint density at radius 1 is 1.33 bits per heavy atom. The minimum absolute atomic E-state index is 0.161. The first-order valence-corrected chi connectivity index (χ1v) is 8.49. The molecule has 6 heteroatoms.